The summed E-state index contributed by atoms with van der Waals surface area (Å²) in [5.41, 5.74) is -1.10. The molecule has 5 rings (SSSR count). The number of alkyl halides is 9. The summed E-state index contributed by atoms with van der Waals surface area (Å²) >= 11 is 1.16. The van der Waals surface area contributed by atoms with Crippen molar-refractivity contribution in [3.05, 3.63) is 98.9 Å². The normalized spacial score (nSPS) is 16.8. The number of carbonyl (C=O) groups is 2. The summed E-state index contributed by atoms with van der Waals surface area (Å²) in [6, 6.07) is 8.39. The number of ether oxygens (including phenoxy) is 1. The molecule has 1 fully saturated rings. The minimum atomic E-state index is -5.13. The van der Waals surface area contributed by atoms with Crippen LogP contribution >= 0.6 is 11.3 Å². The molecule has 0 spiro atoms. The quantitative estimate of drug-likeness (QED) is 0.165. The third kappa shape index (κ3) is 7.91. The van der Waals surface area contributed by atoms with E-state index in [0.29, 0.717) is 22.8 Å². The van der Waals surface area contributed by atoms with Crippen molar-refractivity contribution in [1.29, 1.82) is 0 Å². The minimum Gasteiger partial charge on any atom is -0.483 e. The number of nitrogens with zero attached hydrogens (tertiary/aromatic N) is 2. The van der Waals surface area contributed by atoms with Crippen molar-refractivity contribution in [2.45, 2.75) is 58.0 Å². The van der Waals surface area contributed by atoms with E-state index in [-0.39, 0.29) is 23.7 Å². The number of aromatic nitrogens is 1. The predicted octanol–water partition coefficient (Wildman–Crippen LogP) is 9.93. The van der Waals surface area contributed by atoms with Gasteiger partial charge in [0, 0.05) is 16.5 Å². The van der Waals surface area contributed by atoms with Crippen LogP contribution in [0.4, 0.5) is 44.3 Å². The summed E-state index contributed by atoms with van der Waals surface area (Å²) in [7, 11) is 0. The van der Waals surface area contributed by atoms with Gasteiger partial charge in [-0.3, -0.25) is 9.69 Å². The van der Waals surface area contributed by atoms with E-state index in [4.69, 9.17) is 14.6 Å². The lowest BCUT2D eigenvalue weighted by molar-refractivity contribution is -0.143. The zero-order valence-corrected chi connectivity index (χ0v) is 25.9. The molecule has 2 heterocycles. The molecule has 0 aliphatic carbocycles. The van der Waals surface area contributed by atoms with Crippen LogP contribution in [0.2, 0.25) is 0 Å². The van der Waals surface area contributed by atoms with Gasteiger partial charge in [0.15, 0.2) is 0 Å². The average Bonchev–Trinajstić information content (AvgIpc) is 3.57. The number of aryl methyl sites for hydroxylation is 2. The number of amides is 1. The molecule has 1 aliphatic heterocycles. The second kappa shape index (κ2) is 13.5. The van der Waals surface area contributed by atoms with Crippen molar-refractivity contribution in [3.8, 4) is 21.8 Å². The first kappa shape index (κ1) is 36.2. The molecule has 0 saturated carbocycles. The molecule has 256 valence electrons. The molecule has 48 heavy (non-hydrogen) atoms. The summed E-state index contributed by atoms with van der Waals surface area (Å²) in [5, 5.41) is 8.97. The van der Waals surface area contributed by atoms with E-state index in [2.05, 4.69) is 4.98 Å². The van der Waals surface area contributed by atoms with Gasteiger partial charge in [0.05, 0.1) is 35.0 Å². The molecule has 0 radical (unpaired) electrons. The van der Waals surface area contributed by atoms with E-state index in [1.165, 1.54) is 13.0 Å². The highest BCUT2D eigenvalue weighted by molar-refractivity contribution is 7.13. The molecule has 1 amide bonds. The smallest absolute Gasteiger partial charge is 0.416 e. The van der Waals surface area contributed by atoms with Crippen LogP contribution in [-0.4, -0.2) is 33.6 Å². The molecule has 1 aromatic heterocycles. The zero-order chi connectivity index (χ0) is 35.8. The fraction of sp³-hybridized carbons (Fsp3) is 0.281. The van der Waals surface area contributed by atoms with Crippen molar-refractivity contribution in [2.75, 3.05) is 0 Å². The number of halogens is 9. The zero-order valence-electron chi connectivity index (χ0n) is 25.1. The Balaban J connectivity index is 0.00000167. The summed E-state index contributed by atoms with van der Waals surface area (Å²) in [6.07, 6.45) is -17.7. The lowest BCUT2D eigenvalue weighted by Crippen LogP contribution is -2.32. The molecule has 4 aromatic rings. The van der Waals surface area contributed by atoms with Crippen molar-refractivity contribution in [3.63, 3.8) is 0 Å². The van der Waals surface area contributed by atoms with E-state index < -0.39 is 65.6 Å². The van der Waals surface area contributed by atoms with Gasteiger partial charge in [-0.1, -0.05) is 29.8 Å². The highest BCUT2D eigenvalue weighted by Crippen LogP contribution is 2.42. The number of benzene rings is 3. The maximum atomic E-state index is 13.7. The first-order chi connectivity index (χ1) is 22.2. The molecule has 3 aromatic carbocycles. The lowest BCUT2D eigenvalue weighted by atomic mass is 9.97. The van der Waals surface area contributed by atoms with Gasteiger partial charge in [-0.05, 0) is 67.8 Å². The monoisotopic (exact) mass is 704 g/mol. The van der Waals surface area contributed by atoms with Gasteiger partial charge in [-0.25, -0.2) is 9.78 Å². The summed E-state index contributed by atoms with van der Waals surface area (Å²) in [6.45, 7) is 4.41. The van der Waals surface area contributed by atoms with Crippen LogP contribution in [0.25, 0.3) is 21.8 Å². The lowest BCUT2D eigenvalue weighted by Gasteiger charge is -2.23. The number of hydrogen-bond acceptors (Lipinski definition) is 5. The molecule has 6 nitrogen and oxygen atoms in total. The fourth-order valence-corrected chi connectivity index (χ4v) is 6.10. The first-order valence-corrected chi connectivity index (χ1v) is 14.7. The van der Waals surface area contributed by atoms with Crippen molar-refractivity contribution in [2.24, 2.45) is 0 Å². The Bertz CT molecular complexity index is 1780. The molecular weight excluding hydrogens is 679 g/mol. The fourth-order valence-electron chi connectivity index (χ4n) is 5.22. The van der Waals surface area contributed by atoms with Crippen molar-refractivity contribution >= 4 is 23.9 Å². The van der Waals surface area contributed by atoms with E-state index in [0.717, 1.165) is 45.1 Å². The molecule has 2 unspecified atom stereocenters. The molecule has 0 bridgehead atoms. The van der Waals surface area contributed by atoms with E-state index in [9.17, 15) is 44.3 Å². The Kier molecular flexibility index (Phi) is 10.2. The van der Waals surface area contributed by atoms with Gasteiger partial charge in [-0.2, -0.15) is 39.5 Å². The van der Waals surface area contributed by atoms with Crippen LogP contribution < -0.4 is 0 Å². The minimum absolute atomic E-state index is 0.0100. The Hall–Kier alpha value is -4.60. The third-order valence-corrected chi connectivity index (χ3v) is 8.37. The van der Waals surface area contributed by atoms with E-state index >= 15 is 0 Å². The highest BCUT2D eigenvalue weighted by Gasteiger charge is 2.44. The van der Waals surface area contributed by atoms with Crippen LogP contribution in [0.5, 0.6) is 0 Å². The van der Waals surface area contributed by atoms with Crippen LogP contribution in [0.15, 0.2) is 60.0 Å². The summed E-state index contributed by atoms with van der Waals surface area (Å²) in [4.78, 5) is 26.9. The summed E-state index contributed by atoms with van der Waals surface area (Å²) < 4.78 is 127. The number of thiazole rings is 1. The van der Waals surface area contributed by atoms with Crippen LogP contribution in [0, 0.1) is 13.8 Å². The second-order valence-corrected chi connectivity index (χ2v) is 11.7. The van der Waals surface area contributed by atoms with Gasteiger partial charge < -0.3 is 9.84 Å². The molecule has 2 atom stereocenters. The molecular formula is C32H25F9N2O4S. The number of carbonyl (C=O) groups excluding carboxylic acids is 1. The Morgan fingerprint density at radius 2 is 1.42 bits per heavy atom. The largest absolute Gasteiger partial charge is 0.483 e. The SMILES string of the molecule is Cc1ccc(-c2csc(-c3ccc(C(F)(F)F)cc3CN3C(=O)OC(c4cc(C(F)(F)F)cc(C(F)(F)F)c4)C3C)n2)c(C)c1.O=CO. The second-order valence-electron chi connectivity index (χ2n) is 10.8. The number of hydrogen-bond donors (Lipinski definition) is 1. The summed E-state index contributed by atoms with van der Waals surface area (Å²) in [5.74, 6) is 0. The molecule has 16 heteroatoms. The number of rotatable bonds is 5. The molecule has 1 aliphatic rings. The van der Waals surface area contributed by atoms with Gasteiger partial charge >= 0.3 is 24.6 Å². The maximum Gasteiger partial charge on any atom is 0.416 e. The highest BCUT2D eigenvalue weighted by atomic mass is 32.1. The topological polar surface area (TPSA) is 79.7 Å². The van der Waals surface area contributed by atoms with Gasteiger partial charge in [-0.15, -0.1) is 11.3 Å². The Morgan fingerprint density at radius 3 is 1.96 bits per heavy atom. The number of cyclic esters (lactones) is 1. The van der Waals surface area contributed by atoms with Gasteiger partial charge in [0.2, 0.25) is 0 Å². The average molecular weight is 705 g/mol. The Labute approximate surface area is 271 Å². The van der Waals surface area contributed by atoms with E-state index in [1.807, 2.05) is 32.0 Å². The standard InChI is InChI=1S/C31H23F9N2O2S.CH2O2/c1-15-4-6-23(16(2)8-15)25-14-45-27(41-25)24-7-5-20(29(32,33)34)11-19(24)13-42-17(3)26(44-28(42)43)18-9-21(30(35,36)37)12-22(10-18)31(38,39)40;2-1-3/h4-12,14,17,26H,13H2,1-3H3;1H,(H,2,3). The van der Waals surface area contributed by atoms with Gasteiger partial charge in [0.25, 0.3) is 6.47 Å². The Morgan fingerprint density at radius 1 is 0.854 bits per heavy atom. The van der Waals surface area contributed by atoms with Crippen molar-refractivity contribution < 1.29 is 58.9 Å². The third-order valence-electron chi connectivity index (χ3n) is 7.50. The van der Waals surface area contributed by atoms with Gasteiger partial charge in [0.1, 0.15) is 11.1 Å². The van der Waals surface area contributed by atoms with Crippen LogP contribution in [-0.2, 0) is 34.6 Å². The first-order valence-electron chi connectivity index (χ1n) is 13.8. The van der Waals surface area contributed by atoms with E-state index in [1.54, 1.807) is 5.38 Å². The van der Waals surface area contributed by atoms with Crippen LogP contribution in [0.3, 0.4) is 0 Å². The molecule has 1 saturated heterocycles. The predicted molar refractivity (Wildman–Crippen MR) is 157 cm³/mol. The maximum absolute atomic E-state index is 13.7. The van der Waals surface area contributed by atoms with Crippen LogP contribution in [0.1, 0.15) is 52.0 Å². The number of carboxylic acid groups (broad SMARTS) is 1. The van der Waals surface area contributed by atoms with Crippen molar-refractivity contribution in [1.82, 2.24) is 9.88 Å². The molecule has 1 N–H and O–H groups in total.